The van der Waals surface area contributed by atoms with Gasteiger partial charge in [-0.2, -0.15) is 0 Å². The Hall–Kier alpha value is -4.33. The van der Waals surface area contributed by atoms with Gasteiger partial charge < -0.3 is 0 Å². The predicted molar refractivity (Wildman–Crippen MR) is 121 cm³/mol. The van der Waals surface area contributed by atoms with Crippen molar-refractivity contribution in [3.8, 4) is 23.7 Å². The topological polar surface area (TPSA) is 17.1 Å². The Labute approximate surface area is 177 Å². The molecule has 4 aromatic rings. The molecule has 4 aromatic carbocycles. The van der Waals surface area contributed by atoms with Crippen molar-refractivity contribution in [2.24, 2.45) is 0 Å². The highest BCUT2D eigenvalue weighted by atomic mass is 16.1. The molecule has 4 rings (SSSR count). The lowest BCUT2D eigenvalue weighted by Crippen LogP contribution is -2.06. The normalized spacial score (nSPS) is 9.60. The molecule has 0 aliphatic heterocycles. The maximum Gasteiger partial charge on any atom is 0.195 e. The zero-order valence-electron chi connectivity index (χ0n) is 16.3. The SMILES string of the molecule is O=C(c1ccccc1C#Cc1ccccc1)c1ccccc1C#Cc1ccccc1. The van der Waals surface area contributed by atoms with E-state index in [1.54, 1.807) is 0 Å². The fourth-order valence-electron chi connectivity index (χ4n) is 3.05. The molecule has 0 spiro atoms. The molecule has 0 N–H and O–H groups in total. The lowest BCUT2D eigenvalue weighted by Gasteiger charge is -2.06. The Morgan fingerprint density at radius 3 is 1.23 bits per heavy atom. The lowest BCUT2D eigenvalue weighted by molar-refractivity contribution is 0.103. The van der Waals surface area contributed by atoms with E-state index in [0.717, 1.165) is 11.1 Å². The third-order valence-electron chi connectivity index (χ3n) is 4.57. The van der Waals surface area contributed by atoms with E-state index in [1.165, 1.54) is 0 Å². The van der Waals surface area contributed by atoms with Crippen LogP contribution in [0.5, 0.6) is 0 Å². The molecule has 0 heterocycles. The Bertz CT molecular complexity index is 1190. The van der Waals surface area contributed by atoms with Gasteiger partial charge in [0.15, 0.2) is 5.78 Å². The van der Waals surface area contributed by atoms with Gasteiger partial charge in [0, 0.05) is 33.4 Å². The molecule has 0 unspecified atom stereocenters. The molecule has 0 fully saturated rings. The first kappa shape index (κ1) is 19.0. The first-order chi connectivity index (χ1) is 14.8. The number of benzene rings is 4. The number of rotatable bonds is 2. The fraction of sp³-hybridized carbons (Fsp3) is 0. The van der Waals surface area contributed by atoms with Gasteiger partial charge in [0.1, 0.15) is 0 Å². The van der Waals surface area contributed by atoms with Crippen molar-refractivity contribution in [2.45, 2.75) is 0 Å². The van der Waals surface area contributed by atoms with Crippen LogP contribution in [0.15, 0.2) is 109 Å². The molecular weight excluding hydrogens is 364 g/mol. The van der Waals surface area contributed by atoms with Gasteiger partial charge >= 0.3 is 0 Å². The minimum Gasteiger partial charge on any atom is -0.289 e. The minimum absolute atomic E-state index is 0.0778. The summed E-state index contributed by atoms with van der Waals surface area (Å²) in [4.78, 5) is 13.4. The van der Waals surface area contributed by atoms with Crippen molar-refractivity contribution in [3.63, 3.8) is 0 Å². The quantitative estimate of drug-likeness (QED) is 0.320. The van der Waals surface area contributed by atoms with Crippen molar-refractivity contribution < 1.29 is 4.79 Å². The van der Waals surface area contributed by atoms with Crippen molar-refractivity contribution in [1.29, 1.82) is 0 Å². The number of ketones is 1. The second-order valence-corrected chi connectivity index (χ2v) is 6.65. The van der Waals surface area contributed by atoms with Crippen LogP contribution in [0.4, 0.5) is 0 Å². The maximum absolute atomic E-state index is 13.4. The molecular formula is C29H18O. The van der Waals surface area contributed by atoms with Gasteiger partial charge in [-0.3, -0.25) is 4.79 Å². The highest BCUT2D eigenvalue weighted by molar-refractivity contribution is 6.12. The third kappa shape index (κ3) is 4.56. The number of carbonyl (C=O) groups excluding carboxylic acids is 1. The van der Waals surface area contributed by atoms with Crippen molar-refractivity contribution in [2.75, 3.05) is 0 Å². The molecule has 0 aromatic heterocycles. The van der Waals surface area contributed by atoms with Crippen LogP contribution in [0.3, 0.4) is 0 Å². The molecule has 140 valence electrons. The summed E-state index contributed by atoms with van der Waals surface area (Å²) in [6.45, 7) is 0. The van der Waals surface area contributed by atoms with Crippen LogP contribution in [0.1, 0.15) is 38.2 Å². The standard InChI is InChI=1S/C29H18O/c30-29(27-17-9-7-15-25(27)21-19-23-11-3-1-4-12-23)28-18-10-8-16-26(28)22-20-24-13-5-2-6-14-24/h1-18H. The number of hydrogen-bond acceptors (Lipinski definition) is 1. The summed E-state index contributed by atoms with van der Waals surface area (Å²) in [6.07, 6.45) is 0. The summed E-state index contributed by atoms with van der Waals surface area (Å²) < 4.78 is 0. The third-order valence-corrected chi connectivity index (χ3v) is 4.57. The predicted octanol–water partition coefficient (Wildman–Crippen LogP) is 5.72. The minimum atomic E-state index is -0.0778. The van der Waals surface area contributed by atoms with Crippen LogP contribution in [0.2, 0.25) is 0 Å². The summed E-state index contributed by atoms with van der Waals surface area (Å²) >= 11 is 0. The van der Waals surface area contributed by atoms with Gasteiger partial charge in [0.2, 0.25) is 0 Å². The molecule has 0 aliphatic carbocycles. The molecule has 1 heteroatoms. The first-order valence-corrected chi connectivity index (χ1v) is 9.68. The summed E-state index contributed by atoms with van der Waals surface area (Å²) in [5.41, 5.74) is 4.39. The van der Waals surface area contributed by atoms with Crippen LogP contribution in [-0.4, -0.2) is 5.78 Å². The van der Waals surface area contributed by atoms with Crippen molar-refractivity contribution >= 4 is 5.78 Å². The molecule has 0 radical (unpaired) electrons. The van der Waals surface area contributed by atoms with E-state index >= 15 is 0 Å². The van der Waals surface area contributed by atoms with Gasteiger partial charge in [-0.15, -0.1) is 0 Å². The van der Waals surface area contributed by atoms with Gasteiger partial charge in [-0.05, 0) is 48.5 Å². The average molecular weight is 382 g/mol. The highest BCUT2D eigenvalue weighted by Crippen LogP contribution is 2.17. The molecule has 30 heavy (non-hydrogen) atoms. The number of carbonyl (C=O) groups is 1. The fourth-order valence-corrected chi connectivity index (χ4v) is 3.05. The largest absolute Gasteiger partial charge is 0.289 e. The highest BCUT2D eigenvalue weighted by Gasteiger charge is 2.15. The zero-order chi connectivity index (χ0) is 20.6. The molecule has 0 aliphatic rings. The van der Waals surface area contributed by atoms with E-state index in [9.17, 15) is 4.79 Å². The van der Waals surface area contributed by atoms with Crippen LogP contribution in [-0.2, 0) is 0 Å². The molecule has 0 amide bonds. The monoisotopic (exact) mass is 382 g/mol. The summed E-state index contributed by atoms with van der Waals surface area (Å²) in [6, 6.07) is 34.4. The molecule has 0 atom stereocenters. The van der Waals surface area contributed by atoms with Gasteiger partial charge in [0.25, 0.3) is 0 Å². The van der Waals surface area contributed by atoms with Crippen LogP contribution in [0.25, 0.3) is 0 Å². The Morgan fingerprint density at radius 2 is 0.800 bits per heavy atom. The van der Waals surface area contributed by atoms with Gasteiger partial charge in [0.05, 0.1) is 0 Å². The van der Waals surface area contributed by atoms with Crippen LogP contribution < -0.4 is 0 Å². The van der Waals surface area contributed by atoms with Gasteiger partial charge in [-0.1, -0.05) is 84.3 Å². The van der Waals surface area contributed by atoms with Crippen molar-refractivity contribution in [3.05, 3.63) is 143 Å². The van der Waals surface area contributed by atoms with E-state index in [2.05, 4.69) is 23.7 Å². The number of hydrogen-bond donors (Lipinski definition) is 0. The Kier molecular flexibility index (Phi) is 5.86. The summed E-state index contributed by atoms with van der Waals surface area (Å²) in [5.74, 6) is 12.5. The van der Waals surface area contributed by atoms with E-state index in [-0.39, 0.29) is 5.78 Å². The van der Waals surface area contributed by atoms with Crippen LogP contribution >= 0.6 is 0 Å². The molecule has 0 bridgehead atoms. The second kappa shape index (κ2) is 9.24. The van der Waals surface area contributed by atoms with E-state index in [4.69, 9.17) is 0 Å². The Morgan fingerprint density at radius 1 is 0.433 bits per heavy atom. The first-order valence-electron chi connectivity index (χ1n) is 9.68. The molecule has 1 nitrogen and oxygen atoms in total. The van der Waals surface area contributed by atoms with E-state index in [0.29, 0.717) is 22.3 Å². The molecule has 0 saturated carbocycles. The zero-order valence-corrected chi connectivity index (χ0v) is 16.3. The van der Waals surface area contributed by atoms with Crippen molar-refractivity contribution in [1.82, 2.24) is 0 Å². The Balaban J connectivity index is 1.70. The van der Waals surface area contributed by atoms with Gasteiger partial charge in [-0.25, -0.2) is 0 Å². The average Bonchev–Trinajstić information content (AvgIpc) is 2.83. The summed E-state index contributed by atoms with van der Waals surface area (Å²) in [7, 11) is 0. The van der Waals surface area contributed by atoms with Crippen LogP contribution in [0, 0.1) is 23.7 Å². The van der Waals surface area contributed by atoms with E-state index in [1.807, 2.05) is 109 Å². The van der Waals surface area contributed by atoms with E-state index < -0.39 is 0 Å². The summed E-state index contributed by atoms with van der Waals surface area (Å²) in [5, 5.41) is 0. The molecule has 0 saturated heterocycles. The lowest BCUT2D eigenvalue weighted by atomic mass is 9.95. The smallest absolute Gasteiger partial charge is 0.195 e. The second-order valence-electron chi connectivity index (χ2n) is 6.65. The maximum atomic E-state index is 13.4.